The highest BCUT2D eigenvalue weighted by atomic mass is 35.5. The van der Waals surface area contributed by atoms with Gasteiger partial charge in [-0.15, -0.1) is 22.7 Å². The summed E-state index contributed by atoms with van der Waals surface area (Å²) in [5.41, 5.74) is 6.57. The van der Waals surface area contributed by atoms with Crippen molar-refractivity contribution in [3.8, 4) is 0 Å². The van der Waals surface area contributed by atoms with Crippen molar-refractivity contribution in [3.05, 3.63) is 51.2 Å². The normalized spacial score (nSPS) is 17.9. The van der Waals surface area contributed by atoms with Crippen LogP contribution in [0.2, 0.25) is 5.02 Å². The number of nitrogens with one attached hydrogen (secondary N) is 1. The van der Waals surface area contributed by atoms with E-state index in [4.69, 9.17) is 17.3 Å². The molecule has 1 amide bonds. The third-order valence-electron chi connectivity index (χ3n) is 4.88. The number of rotatable bonds is 6. The molecule has 4 rings (SSSR count). The Balaban J connectivity index is 1.48. The van der Waals surface area contributed by atoms with E-state index in [2.05, 4.69) is 9.71 Å². The molecule has 7 nitrogen and oxygen atoms in total. The minimum Gasteiger partial charge on any atom is -0.383 e. The van der Waals surface area contributed by atoms with Crippen LogP contribution >= 0.6 is 34.3 Å². The van der Waals surface area contributed by atoms with Crippen molar-refractivity contribution in [1.82, 2.24) is 9.62 Å². The first-order valence-electron chi connectivity index (χ1n) is 9.10. The maximum absolute atomic E-state index is 13.0. The molecule has 0 radical (unpaired) electrons. The van der Waals surface area contributed by atoms with Gasteiger partial charge >= 0.3 is 0 Å². The van der Waals surface area contributed by atoms with Crippen molar-refractivity contribution in [1.29, 1.82) is 0 Å². The second-order valence-corrected chi connectivity index (χ2v) is 11.2. The number of fused-ring (bicyclic) bond motifs is 1. The Hall–Kier alpha value is -1.98. The van der Waals surface area contributed by atoms with E-state index >= 15 is 0 Å². The number of benzene rings is 1. The number of hydrogen-bond acceptors (Lipinski definition) is 6. The van der Waals surface area contributed by atoms with Crippen molar-refractivity contribution in [3.63, 3.8) is 0 Å². The summed E-state index contributed by atoms with van der Waals surface area (Å²) in [5.74, 6) is 0.0597. The predicted molar refractivity (Wildman–Crippen MR) is 122 cm³/mol. The van der Waals surface area contributed by atoms with Gasteiger partial charge in [-0.25, -0.2) is 13.4 Å². The Kier molecular flexibility index (Phi) is 5.86. The molecule has 1 fully saturated rings. The van der Waals surface area contributed by atoms with Crippen LogP contribution in [0.3, 0.4) is 0 Å². The number of carbonyl (C=O) groups is 1. The van der Waals surface area contributed by atoms with E-state index in [1.165, 1.54) is 27.6 Å². The molecular weight excluding hydrogens is 464 g/mol. The number of likely N-dealkylation sites (tertiary alicyclic amines) is 1. The van der Waals surface area contributed by atoms with Crippen LogP contribution in [0.5, 0.6) is 0 Å². The third kappa shape index (κ3) is 4.10. The maximum atomic E-state index is 13.0. The van der Waals surface area contributed by atoms with Crippen LogP contribution in [0.1, 0.15) is 16.9 Å². The number of nitrogens with two attached hydrogens (primary N) is 1. The molecule has 30 heavy (non-hydrogen) atoms. The minimum atomic E-state index is -3.85. The molecule has 0 bridgehead atoms. The van der Waals surface area contributed by atoms with E-state index < -0.39 is 16.1 Å². The molecule has 1 aliphatic rings. The molecule has 0 saturated carbocycles. The van der Waals surface area contributed by atoms with Crippen molar-refractivity contribution in [2.45, 2.75) is 23.6 Å². The smallest absolute Gasteiger partial charge is 0.251 e. The molecule has 0 spiro atoms. The third-order valence-corrected chi connectivity index (χ3v) is 9.37. The Morgan fingerprint density at radius 2 is 2.20 bits per heavy atom. The number of amides is 1. The summed E-state index contributed by atoms with van der Waals surface area (Å²) >= 11 is 8.67. The van der Waals surface area contributed by atoms with Crippen LogP contribution in [-0.2, 0) is 14.8 Å². The molecular formula is C19H19ClN4O3S3. The molecule has 3 N–H and O–H groups in total. The highest BCUT2D eigenvalue weighted by molar-refractivity contribution is 7.91. The molecule has 158 valence electrons. The summed E-state index contributed by atoms with van der Waals surface area (Å²) in [6.07, 6.45) is 0.377. The molecule has 1 aromatic carbocycles. The summed E-state index contributed by atoms with van der Waals surface area (Å²) < 4.78 is 29.6. The van der Waals surface area contributed by atoms with Crippen molar-refractivity contribution < 1.29 is 13.2 Å². The number of hydrogen-bond donors (Lipinski definition) is 2. The molecule has 1 atom stereocenters. The number of nitrogens with zero attached hydrogens (tertiary/aromatic N) is 2. The lowest BCUT2D eigenvalue weighted by atomic mass is 10.2. The van der Waals surface area contributed by atoms with Gasteiger partial charge in [0.05, 0.1) is 4.88 Å². The Morgan fingerprint density at radius 1 is 1.40 bits per heavy atom. The minimum absolute atomic E-state index is 0.0984. The summed E-state index contributed by atoms with van der Waals surface area (Å²) in [4.78, 5) is 19.3. The molecule has 0 aliphatic carbocycles. The van der Waals surface area contributed by atoms with Crippen LogP contribution in [0.15, 0.2) is 44.9 Å². The fraction of sp³-hybridized carbons (Fsp3) is 0.263. The number of amidine groups is 1. The molecule has 1 saturated heterocycles. The summed E-state index contributed by atoms with van der Waals surface area (Å²) in [6.45, 7) is 2.25. The van der Waals surface area contributed by atoms with Gasteiger partial charge in [-0.3, -0.25) is 4.79 Å². The van der Waals surface area contributed by atoms with Gasteiger partial charge in [0.2, 0.25) is 5.91 Å². The number of aryl methyl sites for hydroxylation is 1. The highest BCUT2D eigenvalue weighted by Gasteiger charge is 2.36. The Labute approximate surface area is 187 Å². The zero-order valence-electron chi connectivity index (χ0n) is 16.0. The van der Waals surface area contributed by atoms with Crippen LogP contribution in [0.25, 0.3) is 10.1 Å². The van der Waals surface area contributed by atoms with Crippen LogP contribution in [-0.4, -0.2) is 44.3 Å². The van der Waals surface area contributed by atoms with Gasteiger partial charge in [0.15, 0.2) is 0 Å². The molecule has 3 aromatic rings. The second kappa shape index (κ2) is 8.27. The van der Waals surface area contributed by atoms with Gasteiger partial charge in [0.1, 0.15) is 22.8 Å². The SMILES string of the molecule is Cc1c(S(=O)(=O)N[C@H]2CCN(CN=C(N)c3cccs3)C2=O)sc2ccc(Cl)cc12. The van der Waals surface area contributed by atoms with E-state index in [9.17, 15) is 13.2 Å². The second-order valence-electron chi connectivity index (χ2n) is 6.88. The highest BCUT2D eigenvalue weighted by Crippen LogP contribution is 2.35. The Bertz CT molecular complexity index is 1240. The average Bonchev–Trinajstić information content (AvgIpc) is 3.42. The quantitative estimate of drug-likeness (QED) is 0.416. The zero-order chi connectivity index (χ0) is 21.5. The fourth-order valence-corrected chi connectivity index (χ4v) is 7.13. The van der Waals surface area contributed by atoms with Gasteiger partial charge < -0.3 is 10.6 Å². The van der Waals surface area contributed by atoms with Gasteiger partial charge in [0.25, 0.3) is 10.0 Å². The number of carbonyl (C=O) groups excluding carboxylic acids is 1. The lowest BCUT2D eigenvalue weighted by Crippen LogP contribution is -2.41. The van der Waals surface area contributed by atoms with Gasteiger partial charge in [0, 0.05) is 16.3 Å². The van der Waals surface area contributed by atoms with Crippen LogP contribution in [0, 0.1) is 6.92 Å². The first-order chi connectivity index (χ1) is 14.3. The van der Waals surface area contributed by atoms with Crippen LogP contribution < -0.4 is 10.5 Å². The topological polar surface area (TPSA) is 105 Å². The summed E-state index contributed by atoms with van der Waals surface area (Å²) in [6, 6.07) is 8.18. The van der Waals surface area contributed by atoms with Crippen molar-refractivity contribution in [2.24, 2.45) is 10.7 Å². The standard InChI is InChI=1S/C19H19ClN4O3S3/c1-11-13-9-12(20)4-5-15(13)29-19(11)30(26,27)23-14-6-7-24(18(14)25)10-22-17(21)16-3-2-8-28-16/h2-5,8-9,14,23H,6-7,10H2,1H3,(H2,21,22)/t14-/m0/s1. The summed E-state index contributed by atoms with van der Waals surface area (Å²) in [5, 5.41) is 3.24. The van der Waals surface area contributed by atoms with Crippen LogP contribution in [0.4, 0.5) is 0 Å². The van der Waals surface area contributed by atoms with Gasteiger partial charge in [-0.1, -0.05) is 17.7 Å². The fourth-order valence-electron chi connectivity index (χ4n) is 3.32. The average molecular weight is 483 g/mol. The number of sulfonamides is 1. The molecule has 2 aromatic heterocycles. The van der Waals surface area contributed by atoms with E-state index in [1.807, 2.05) is 17.5 Å². The summed E-state index contributed by atoms with van der Waals surface area (Å²) in [7, 11) is -3.85. The lowest BCUT2D eigenvalue weighted by Gasteiger charge is -2.15. The van der Waals surface area contributed by atoms with Crippen molar-refractivity contribution >= 4 is 66.1 Å². The van der Waals surface area contributed by atoms with Crippen molar-refractivity contribution in [2.75, 3.05) is 13.2 Å². The van der Waals surface area contributed by atoms with E-state index in [-0.39, 0.29) is 16.8 Å². The van der Waals surface area contributed by atoms with E-state index in [0.717, 1.165) is 15.0 Å². The number of thiophene rings is 2. The molecule has 3 heterocycles. The van der Waals surface area contributed by atoms with Gasteiger partial charge in [-0.05, 0) is 53.9 Å². The van der Waals surface area contributed by atoms with E-state index in [1.54, 1.807) is 25.1 Å². The number of halogens is 1. The maximum Gasteiger partial charge on any atom is 0.251 e. The first-order valence-corrected chi connectivity index (χ1v) is 12.7. The molecule has 0 unspecified atom stereocenters. The monoisotopic (exact) mass is 482 g/mol. The first kappa shape index (κ1) is 21.3. The molecule has 1 aliphatic heterocycles. The predicted octanol–water partition coefficient (Wildman–Crippen LogP) is 3.17. The largest absolute Gasteiger partial charge is 0.383 e. The number of aliphatic imine (C=N–C) groups is 1. The zero-order valence-corrected chi connectivity index (χ0v) is 19.2. The van der Waals surface area contributed by atoms with E-state index in [0.29, 0.717) is 29.4 Å². The van der Waals surface area contributed by atoms with Gasteiger partial charge in [-0.2, -0.15) is 4.72 Å². The molecule has 11 heteroatoms. The Morgan fingerprint density at radius 3 is 2.93 bits per heavy atom. The lowest BCUT2D eigenvalue weighted by molar-refractivity contribution is -0.128.